The Hall–Kier alpha value is -0.170. The predicted molar refractivity (Wildman–Crippen MR) is 74.5 cm³/mol. The Balaban J connectivity index is 4.38. The Morgan fingerprint density at radius 2 is 1.78 bits per heavy atom. The molecule has 0 rings (SSSR count). The Labute approximate surface area is 112 Å². The van der Waals surface area contributed by atoms with E-state index in [1.54, 1.807) is 20.8 Å². The van der Waals surface area contributed by atoms with Gasteiger partial charge in [-0.1, -0.05) is 13.8 Å². The zero-order valence-electron chi connectivity index (χ0n) is 12.4. The second kappa shape index (κ2) is 6.84. The fraction of sp³-hybridized carbons (Fsp3) is 1.00. The van der Waals surface area contributed by atoms with Gasteiger partial charge in [-0.3, -0.25) is 0 Å². The quantitative estimate of drug-likeness (QED) is 0.705. The van der Waals surface area contributed by atoms with E-state index >= 15 is 0 Å². The van der Waals surface area contributed by atoms with Gasteiger partial charge in [0.15, 0.2) is 0 Å². The molecule has 1 unspecified atom stereocenters. The molecule has 0 aromatic heterocycles. The maximum Gasteiger partial charge on any atom is 0.279 e. The Bertz CT molecular complexity index is 337. The lowest BCUT2D eigenvalue weighted by atomic mass is 9.96. The summed E-state index contributed by atoms with van der Waals surface area (Å²) in [6, 6.07) is -0.108. The third-order valence-electron chi connectivity index (χ3n) is 3.00. The molecule has 0 radical (unpaired) electrons. The standard InChI is InChI=1S/C12H28N2O3S/c1-10(2)7-8-12(5,15)9-13-18(16,17)14(6)11(3)4/h10-11,13,15H,7-9H2,1-6H3. The number of rotatable bonds is 8. The Morgan fingerprint density at radius 3 is 2.17 bits per heavy atom. The van der Waals surface area contributed by atoms with Crippen molar-refractivity contribution < 1.29 is 13.5 Å². The minimum Gasteiger partial charge on any atom is -0.389 e. The van der Waals surface area contributed by atoms with Gasteiger partial charge in [0.2, 0.25) is 0 Å². The van der Waals surface area contributed by atoms with Gasteiger partial charge in [0, 0.05) is 19.6 Å². The van der Waals surface area contributed by atoms with Gasteiger partial charge in [-0.25, -0.2) is 0 Å². The third-order valence-corrected chi connectivity index (χ3v) is 4.69. The zero-order valence-corrected chi connectivity index (χ0v) is 13.2. The van der Waals surface area contributed by atoms with E-state index in [4.69, 9.17) is 0 Å². The lowest BCUT2D eigenvalue weighted by molar-refractivity contribution is 0.0502. The molecule has 2 N–H and O–H groups in total. The van der Waals surface area contributed by atoms with Crippen molar-refractivity contribution in [2.45, 2.75) is 59.1 Å². The van der Waals surface area contributed by atoms with Crippen molar-refractivity contribution >= 4 is 10.2 Å². The number of aliphatic hydroxyl groups is 1. The normalized spacial score (nSPS) is 16.6. The molecule has 6 heteroatoms. The number of hydrogen-bond donors (Lipinski definition) is 2. The maximum atomic E-state index is 11.9. The smallest absolute Gasteiger partial charge is 0.279 e. The molecular weight excluding hydrogens is 252 g/mol. The summed E-state index contributed by atoms with van der Waals surface area (Å²) >= 11 is 0. The largest absolute Gasteiger partial charge is 0.389 e. The van der Waals surface area contributed by atoms with Gasteiger partial charge in [0.25, 0.3) is 10.2 Å². The molecule has 0 saturated heterocycles. The van der Waals surface area contributed by atoms with E-state index in [0.717, 1.165) is 6.42 Å². The van der Waals surface area contributed by atoms with Crippen LogP contribution in [-0.2, 0) is 10.2 Å². The van der Waals surface area contributed by atoms with E-state index in [1.165, 1.54) is 11.4 Å². The first-order valence-electron chi connectivity index (χ1n) is 6.43. The van der Waals surface area contributed by atoms with Crippen LogP contribution in [0, 0.1) is 5.92 Å². The summed E-state index contributed by atoms with van der Waals surface area (Å²) in [6.07, 6.45) is 1.45. The van der Waals surface area contributed by atoms with Crippen LogP contribution < -0.4 is 4.72 Å². The van der Waals surface area contributed by atoms with Gasteiger partial charge in [-0.2, -0.15) is 17.4 Å². The summed E-state index contributed by atoms with van der Waals surface area (Å²) in [6.45, 7) is 9.46. The minimum absolute atomic E-state index is 0.0408. The highest BCUT2D eigenvalue weighted by Crippen LogP contribution is 2.16. The minimum atomic E-state index is -3.51. The van der Waals surface area contributed by atoms with Gasteiger partial charge >= 0.3 is 0 Å². The van der Waals surface area contributed by atoms with Gasteiger partial charge in [0.05, 0.1) is 5.60 Å². The SMILES string of the molecule is CC(C)CCC(C)(O)CNS(=O)(=O)N(C)C(C)C. The molecule has 0 aromatic carbocycles. The molecule has 0 saturated carbocycles. The lowest BCUT2D eigenvalue weighted by Crippen LogP contribution is -2.47. The second-order valence-electron chi connectivity index (χ2n) is 5.87. The van der Waals surface area contributed by atoms with Crippen LogP contribution in [0.25, 0.3) is 0 Å². The van der Waals surface area contributed by atoms with E-state index in [2.05, 4.69) is 18.6 Å². The second-order valence-corrected chi connectivity index (χ2v) is 7.68. The van der Waals surface area contributed by atoms with Crippen LogP contribution in [-0.4, -0.2) is 43.1 Å². The summed E-state index contributed by atoms with van der Waals surface area (Å²) in [7, 11) is -1.98. The highest BCUT2D eigenvalue weighted by Gasteiger charge is 2.26. The molecule has 0 amide bonds. The van der Waals surface area contributed by atoms with Crippen LogP contribution in [0.4, 0.5) is 0 Å². The first-order valence-corrected chi connectivity index (χ1v) is 7.87. The molecule has 110 valence electrons. The molecule has 5 nitrogen and oxygen atoms in total. The first-order chi connectivity index (χ1) is 7.98. The first kappa shape index (κ1) is 17.8. The average molecular weight is 280 g/mol. The summed E-state index contributed by atoms with van der Waals surface area (Å²) in [4.78, 5) is 0. The van der Waals surface area contributed by atoms with Crippen LogP contribution in [0.3, 0.4) is 0 Å². The van der Waals surface area contributed by atoms with Crippen LogP contribution in [0.15, 0.2) is 0 Å². The maximum absolute atomic E-state index is 11.9. The topological polar surface area (TPSA) is 69.6 Å². The van der Waals surface area contributed by atoms with Gasteiger partial charge in [0.1, 0.15) is 0 Å². The summed E-state index contributed by atoms with van der Waals surface area (Å²) in [5.41, 5.74) is -1.00. The molecule has 18 heavy (non-hydrogen) atoms. The highest BCUT2D eigenvalue weighted by molar-refractivity contribution is 7.87. The van der Waals surface area contributed by atoms with Gasteiger partial charge < -0.3 is 5.11 Å². The van der Waals surface area contributed by atoms with Crippen molar-refractivity contribution in [3.8, 4) is 0 Å². The van der Waals surface area contributed by atoms with Crippen molar-refractivity contribution in [3.63, 3.8) is 0 Å². The highest BCUT2D eigenvalue weighted by atomic mass is 32.2. The van der Waals surface area contributed by atoms with E-state index in [0.29, 0.717) is 12.3 Å². The summed E-state index contributed by atoms with van der Waals surface area (Å²) in [5.74, 6) is 0.492. The van der Waals surface area contributed by atoms with Crippen molar-refractivity contribution in [2.24, 2.45) is 5.92 Å². The predicted octanol–water partition coefficient (Wildman–Crippen LogP) is 1.35. The van der Waals surface area contributed by atoms with E-state index in [9.17, 15) is 13.5 Å². The molecule has 0 aliphatic rings. The number of hydrogen-bond acceptors (Lipinski definition) is 3. The number of nitrogens with zero attached hydrogens (tertiary/aromatic N) is 1. The van der Waals surface area contributed by atoms with Crippen LogP contribution >= 0.6 is 0 Å². The third kappa shape index (κ3) is 6.68. The lowest BCUT2D eigenvalue weighted by Gasteiger charge is -2.27. The van der Waals surface area contributed by atoms with E-state index < -0.39 is 15.8 Å². The van der Waals surface area contributed by atoms with Gasteiger partial charge in [-0.05, 0) is 39.5 Å². The Kier molecular flexibility index (Phi) is 6.78. The fourth-order valence-electron chi connectivity index (χ4n) is 1.31. The Morgan fingerprint density at radius 1 is 1.28 bits per heavy atom. The van der Waals surface area contributed by atoms with Crippen molar-refractivity contribution in [1.29, 1.82) is 0 Å². The molecule has 0 spiro atoms. The summed E-state index contributed by atoms with van der Waals surface area (Å²) in [5, 5.41) is 10.1. The van der Waals surface area contributed by atoms with Crippen molar-refractivity contribution in [3.05, 3.63) is 0 Å². The molecule has 0 aromatic rings. The fourth-order valence-corrected chi connectivity index (χ4v) is 2.57. The molecule has 0 fully saturated rings. The van der Waals surface area contributed by atoms with E-state index in [1.807, 2.05) is 0 Å². The van der Waals surface area contributed by atoms with Crippen molar-refractivity contribution in [2.75, 3.05) is 13.6 Å². The molecular formula is C12H28N2O3S. The molecule has 0 aliphatic heterocycles. The average Bonchev–Trinajstić information content (AvgIpc) is 2.23. The summed E-state index contributed by atoms with van der Waals surface area (Å²) < 4.78 is 27.4. The molecule has 0 aliphatic carbocycles. The molecule has 1 atom stereocenters. The van der Waals surface area contributed by atoms with Crippen LogP contribution in [0.5, 0.6) is 0 Å². The van der Waals surface area contributed by atoms with E-state index in [-0.39, 0.29) is 12.6 Å². The number of nitrogens with one attached hydrogen (secondary N) is 1. The monoisotopic (exact) mass is 280 g/mol. The molecule has 0 bridgehead atoms. The van der Waals surface area contributed by atoms with Crippen LogP contribution in [0.1, 0.15) is 47.5 Å². The molecule has 0 heterocycles. The van der Waals surface area contributed by atoms with Crippen LogP contribution in [0.2, 0.25) is 0 Å². The van der Waals surface area contributed by atoms with Crippen molar-refractivity contribution in [1.82, 2.24) is 9.03 Å². The zero-order chi connectivity index (χ0) is 14.6. The van der Waals surface area contributed by atoms with Gasteiger partial charge in [-0.15, -0.1) is 0 Å².